The van der Waals surface area contributed by atoms with Crippen LogP contribution in [0, 0.1) is 50.7 Å². The van der Waals surface area contributed by atoms with E-state index < -0.39 is 68.9 Å². The first-order chi connectivity index (χ1) is 23.3. The Hall–Kier alpha value is -3.75. The molecule has 0 unspecified atom stereocenters. The fourth-order valence-electron chi connectivity index (χ4n) is 12.9. The van der Waals surface area contributed by atoms with Crippen molar-refractivity contribution in [2.45, 2.75) is 112 Å². The van der Waals surface area contributed by atoms with Crippen molar-refractivity contribution in [1.82, 2.24) is 0 Å². The summed E-state index contributed by atoms with van der Waals surface area (Å²) in [6.07, 6.45) is 5.07. The minimum absolute atomic E-state index is 0.0400. The fourth-order valence-corrected chi connectivity index (χ4v) is 12.9. The molecule has 0 N–H and O–H groups in total. The molecule has 7 rings (SSSR count). The standard InChI is InChI=1S/C41H50O9/c1-22-17-31(49-34(45)27-13-11-10-12-14-27)39(9)32(48-26(5)43)20-36(6)21-40(39,50-35(36)46)41(22)23(2)18-38(8)30-16-15-28(44)24(3)37(30,7)19-29(33(38)41)47-25(4)42/h10-17,23-24,29-33H,18-21H2,1-9H3/t23-,24-,29+,30+,31+,32-,33-,36+,37+,38-,39-,40-,41-/m0/s1. The third kappa shape index (κ3) is 4.15. The van der Waals surface area contributed by atoms with Crippen LogP contribution >= 0.6 is 0 Å². The van der Waals surface area contributed by atoms with Gasteiger partial charge < -0.3 is 18.9 Å². The molecule has 1 saturated heterocycles. The van der Waals surface area contributed by atoms with Gasteiger partial charge in [0.15, 0.2) is 5.78 Å². The summed E-state index contributed by atoms with van der Waals surface area (Å²) in [5.74, 6) is -2.56. The van der Waals surface area contributed by atoms with Gasteiger partial charge >= 0.3 is 23.9 Å². The maximum atomic E-state index is 14.3. The Balaban J connectivity index is 1.51. The first-order valence-corrected chi connectivity index (χ1v) is 18.1. The topological polar surface area (TPSA) is 122 Å². The average Bonchev–Trinajstić information content (AvgIpc) is 3.42. The van der Waals surface area contributed by atoms with Crippen molar-refractivity contribution < 1.29 is 42.9 Å². The highest BCUT2D eigenvalue weighted by atomic mass is 16.6. The largest absolute Gasteiger partial charge is 0.462 e. The molecule has 2 bridgehead atoms. The van der Waals surface area contributed by atoms with Crippen molar-refractivity contribution in [3.8, 4) is 0 Å². The summed E-state index contributed by atoms with van der Waals surface area (Å²) in [7, 11) is 0. The second-order valence-electron chi connectivity index (χ2n) is 17.4. The van der Waals surface area contributed by atoms with Crippen molar-refractivity contribution >= 4 is 29.7 Å². The molecule has 4 fully saturated rings. The van der Waals surface area contributed by atoms with Gasteiger partial charge in [0.1, 0.15) is 23.9 Å². The zero-order valence-electron chi connectivity index (χ0n) is 30.7. The van der Waals surface area contributed by atoms with E-state index in [0.29, 0.717) is 24.8 Å². The molecule has 1 aromatic rings. The summed E-state index contributed by atoms with van der Waals surface area (Å²) in [5.41, 5.74) is -4.17. The van der Waals surface area contributed by atoms with Crippen LogP contribution in [0.4, 0.5) is 0 Å². The van der Waals surface area contributed by atoms with Gasteiger partial charge in [-0.05, 0) is 80.6 Å². The molecule has 9 nitrogen and oxygen atoms in total. The van der Waals surface area contributed by atoms with Gasteiger partial charge in [-0.2, -0.15) is 0 Å². The van der Waals surface area contributed by atoms with Crippen LogP contribution in [-0.4, -0.2) is 53.6 Å². The predicted octanol–water partition coefficient (Wildman–Crippen LogP) is 6.59. The van der Waals surface area contributed by atoms with E-state index in [1.807, 2.05) is 39.8 Å². The van der Waals surface area contributed by atoms with E-state index >= 15 is 0 Å². The highest BCUT2D eigenvalue weighted by molar-refractivity contribution is 5.93. The zero-order chi connectivity index (χ0) is 36.4. The van der Waals surface area contributed by atoms with Crippen LogP contribution in [0.25, 0.3) is 0 Å². The molecule has 9 heteroatoms. The highest BCUT2D eigenvalue weighted by Crippen LogP contribution is 2.82. The summed E-state index contributed by atoms with van der Waals surface area (Å²) < 4.78 is 26.0. The van der Waals surface area contributed by atoms with E-state index in [9.17, 15) is 24.0 Å². The van der Waals surface area contributed by atoms with Crippen molar-refractivity contribution in [2.75, 3.05) is 0 Å². The van der Waals surface area contributed by atoms with Crippen molar-refractivity contribution in [3.05, 3.63) is 59.7 Å². The summed E-state index contributed by atoms with van der Waals surface area (Å²) in [5, 5.41) is 0. The van der Waals surface area contributed by atoms with E-state index in [4.69, 9.17) is 18.9 Å². The molecule has 1 aromatic carbocycles. The van der Waals surface area contributed by atoms with Crippen LogP contribution in [-0.2, 0) is 38.1 Å². The Morgan fingerprint density at radius 2 is 1.52 bits per heavy atom. The number of hydrogen-bond donors (Lipinski definition) is 0. The summed E-state index contributed by atoms with van der Waals surface area (Å²) >= 11 is 0. The van der Waals surface area contributed by atoms with Crippen LogP contribution in [0.3, 0.4) is 0 Å². The monoisotopic (exact) mass is 686 g/mol. The van der Waals surface area contributed by atoms with Crippen LogP contribution in [0.5, 0.6) is 0 Å². The van der Waals surface area contributed by atoms with Crippen molar-refractivity contribution in [2.24, 2.45) is 50.7 Å². The van der Waals surface area contributed by atoms with Gasteiger partial charge in [0, 0.05) is 43.9 Å². The number of ketones is 1. The molecule has 2 spiro atoms. The zero-order valence-corrected chi connectivity index (χ0v) is 30.7. The molecule has 13 atom stereocenters. The van der Waals surface area contributed by atoms with Gasteiger partial charge in [-0.1, -0.05) is 57.5 Å². The van der Waals surface area contributed by atoms with E-state index in [1.54, 1.807) is 30.3 Å². The molecule has 1 aliphatic heterocycles. The number of carbonyl (C=O) groups excluding carboxylic acids is 5. The number of ether oxygens (including phenoxy) is 4. The lowest BCUT2D eigenvalue weighted by atomic mass is 9.37. The third-order valence-corrected chi connectivity index (χ3v) is 14.8. The normalized spacial score (nSPS) is 47.0. The van der Waals surface area contributed by atoms with Gasteiger partial charge in [0.25, 0.3) is 0 Å². The van der Waals surface area contributed by atoms with Crippen LogP contribution < -0.4 is 0 Å². The smallest absolute Gasteiger partial charge is 0.338 e. The first kappa shape index (κ1) is 34.7. The Bertz CT molecular complexity index is 1750. The quantitative estimate of drug-likeness (QED) is 0.196. The van der Waals surface area contributed by atoms with Gasteiger partial charge in [0.2, 0.25) is 0 Å². The molecule has 1 heterocycles. The molecule has 6 aliphatic rings. The van der Waals surface area contributed by atoms with Gasteiger partial charge in [-0.25, -0.2) is 4.79 Å². The Morgan fingerprint density at radius 3 is 2.16 bits per heavy atom. The molecule has 0 amide bonds. The molecule has 5 aliphatic carbocycles. The molecule has 0 radical (unpaired) electrons. The van der Waals surface area contributed by atoms with Gasteiger partial charge in [0.05, 0.1) is 16.4 Å². The molecule has 50 heavy (non-hydrogen) atoms. The number of rotatable bonds is 4. The van der Waals surface area contributed by atoms with Crippen molar-refractivity contribution in [3.63, 3.8) is 0 Å². The van der Waals surface area contributed by atoms with Crippen LogP contribution in [0.2, 0.25) is 0 Å². The van der Waals surface area contributed by atoms with Crippen molar-refractivity contribution in [1.29, 1.82) is 0 Å². The van der Waals surface area contributed by atoms with Gasteiger partial charge in [-0.3, -0.25) is 19.2 Å². The lowest BCUT2D eigenvalue weighted by Gasteiger charge is -2.69. The lowest BCUT2D eigenvalue weighted by Crippen LogP contribution is -2.75. The number of carbonyl (C=O) groups is 5. The SMILES string of the molecule is CC(=O)O[C@H]1C[C@]2(C)C[C@]3(OC2=O)[C@@]1(C)[C@H](OC(=O)c1ccccc1)C=C(C)[C@@]31[C@@H](C)C[C@@]2(C)[C@@H]3C=CC(=O)[C@H](C)[C@@]3(C)C[C@@H](OC(C)=O)[C@@H]21. The number of benzene rings is 1. The number of hydrogen-bond acceptors (Lipinski definition) is 9. The first-order valence-electron chi connectivity index (χ1n) is 18.1. The average molecular weight is 687 g/mol. The Labute approximate surface area is 294 Å². The predicted molar refractivity (Wildman–Crippen MR) is 182 cm³/mol. The molecule has 268 valence electrons. The summed E-state index contributed by atoms with van der Waals surface area (Å²) in [4.78, 5) is 67.3. The van der Waals surface area contributed by atoms with E-state index in [2.05, 4.69) is 26.8 Å². The Morgan fingerprint density at radius 1 is 0.860 bits per heavy atom. The third-order valence-electron chi connectivity index (χ3n) is 14.8. The van der Waals surface area contributed by atoms with E-state index in [0.717, 1.165) is 5.57 Å². The number of esters is 4. The minimum atomic E-state index is -1.32. The minimum Gasteiger partial charge on any atom is -0.462 e. The summed E-state index contributed by atoms with van der Waals surface area (Å²) in [6, 6.07) is 8.74. The fraction of sp³-hybridized carbons (Fsp3) is 0.634. The highest BCUT2D eigenvalue weighted by Gasteiger charge is 2.86. The lowest BCUT2D eigenvalue weighted by molar-refractivity contribution is -0.276. The van der Waals surface area contributed by atoms with Crippen LogP contribution in [0.15, 0.2) is 54.1 Å². The van der Waals surface area contributed by atoms with Crippen LogP contribution in [0.1, 0.15) is 98.4 Å². The maximum absolute atomic E-state index is 14.3. The second-order valence-corrected chi connectivity index (χ2v) is 17.4. The van der Waals surface area contributed by atoms with E-state index in [-0.39, 0.29) is 41.8 Å². The molecular weight excluding hydrogens is 636 g/mol. The van der Waals surface area contributed by atoms with E-state index in [1.165, 1.54) is 13.8 Å². The maximum Gasteiger partial charge on any atom is 0.338 e. The van der Waals surface area contributed by atoms with Gasteiger partial charge in [-0.15, -0.1) is 0 Å². The Kier molecular flexibility index (Phi) is 7.55. The number of fused-ring (bicyclic) bond motifs is 5. The molecular formula is C41H50O9. The number of allylic oxidation sites excluding steroid dienone is 2. The summed E-state index contributed by atoms with van der Waals surface area (Å²) in [6.45, 7) is 17.2. The molecule has 3 saturated carbocycles. The molecule has 0 aromatic heterocycles. The second kappa shape index (κ2) is 10.9.